The molecule has 0 amide bonds. The number of nitrogens with one attached hydrogen (secondary N) is 1. The molecule has 5 nitrogen and oxygen atoms in total. The summed E-state index contributed by atoms with van der Waals surface area (Å²) in [7, 11) is 0. The molecule has 0 unspecified atom stereocenters. The molecular weight excluding hydrogens is 301 g/mol. The van der Waals surface area contributed by atoms with Crippen LogP contribution in [0.1, 0.15) is 25.7 Å². The normalized spacial score (nSPS) is 30.9. The van der Waals surface area contributed by atoms with Crippen LogP contribution in [-0.4, -0.2) is 35.0 Å². The van der Waals surface area contributed by atoms with E-state index in [1.54, 1.807) is 24.4 Å². The van der Waals surface area contributed by atoms with Crippen LogP contribution in [-0.2, 0) is 9.53 Å². The van der Waals surface area contributed by atoms with Gasteiger partial charge in [-0.25, -0.2) is 9.78 Å². The average Bonchev–Trinajstić information content (AvgIpc) is 2.74. The van der Waals surface area contributed by atoms with Gasteiger partial charge in [0.05, 0.1) is 0 Å². The van der Waals surface area contributed by atoms with E-state index in [1.165, 1.54) is 0 Å². The molecule has 2 bridgehead atoms. The summed E-state index contributed by atoms with van der Waals surface area (Å²) in [4.78, 5) is 15.2. The number of carbonyl (C=O) groups is 1. The lowest BCUT2D eigenvalue weighted by Gasteiger charge is -2.38. The van der Waals surface area contributed by atoms with Crippen molar-refractivity contribution in [3.8, 4) is 5.88 Å². The molecule has 1 N–H and O–H groups in total. The average molecular weight is 316 g/mol. The number of pyridine rings is 1. The van der Waals surface area contributed by atoms with E-state index in [4.69, 9.17) is 9.47 Å². The van der Waals surface area contributed by atoms with Crippen LogP contribution in [0, 0.1) is 0 Å². The summed E-state index contributed by atoms with van der Waals surface area (Å²) in [5.74, 6) is -1.76. The molecule has 2 aliphatic rings. The lowest BCUT2D eigenvalue weighted by Crippen LogP contribution is -2.56. The summed E-state index contributed by atoms with van der Waals surface area (Å²) in [6.07, 6.45) is -1.96. The van der Waals surface area contributed by atoms with E-state index >= 15 is 0 Å². The van der Waals surface area contributed by atoms with Gasteiger partial charge in [0.2, 0.25) is 5.88 Å². The summed E-state index contributed by atoms with van der Waals surface area (Å²) in [6.45, 7) is 0. The molecule has 8 heteroatoms. The third-order valence-corrected chi connectivity index (χ3v) is 3.91. The zero-order valence-corrected chi connectivity index (χ0v) is 11.6. The predicted octanol–water partition coefficient (Wildman–Crippen LogP) is 2.18. The van der Waals surface area contributed by atoms with Crippen molar-refractivity contribution in [2.24, 2.45) is 0 Å². The van der Waals surface area contributed by atoms with E-state index in [0.29, 0.717) is 25.1 Å². The highest BCUT2D eigenvalue weighted by molar-refractivity contribution is 5.76. The third kappa shape index (κ3) is 3.16. The number of halogens is 3. The van der Waals surface area contributed by atoms with Gasteiger partial charge in [0.25, 0.3) is 0 Å². The highest BCUT2D eigenvalue weighted by Gasteiger charge is 2.53. The van der Waals surface area contributed by atoms with Crippen molar-refractivity contribution in [3.05, 3.63) is 24.4 Å². The number of rotatable bonds is 3. The van der Waals surface area contributed by atoms with Gasteiger partial charge in [-0.15, -0.1) is 0 Å². The molecule has 2 aliphatic heterocycles. The van der Waals surface area contributed by atoms with Gasteiger partial charge in [0.1, 0.15) is 6.10 Å². The van der Waals surface area contributed by atoms with Crippen molar-refractivity contribution in [3.63, 3.8) is 0 Å². The minimum absolute atomic E-state index is 0.0245. The number of aromatic nitrogens is 1. The highest BCUT2D eigenvalue weighted by atomic mass is 19.4. The molecule has 3 atom stereocenters. The molecule has 0 saturated carbocycles. The fourth-order valence-electron chi connectivity index (χ4n) is 3.06. The van der Waals surface area contributed by atoms with Crippen LogP contribution in [0.2, 0.25) is 0 Å². The van der Waals surface area contributed by atoms with Crippen LogP contribution >= 0.6 is 0 Å². The molecule has 1 aromatic heterocycles. The van der Waals surface area contributed by atoms with Gasteiger partial charge >= 0.3 is 12.1 Å². The second-order valence-corrected chi connectivity index (χ2v) is 5.61. The Morgan fingerprint density at radius 1 is 1.41 bits per heavy atom. The van der Waals surface area contributed by atoms with E-state index in [2.05, 4.69) is 10.3 Å². The minimum atomic E-state index is -5.00. The van der Waals surface area contributed by atoms with Crippen LogP contribution in [0.3, 0.4) is 0 Å². The molecule has 0 spiro atoms. The van der Waals surface area contributed by atoms with Crippen LogP contribution in [0.15, 0.2) is 24.4 Å². The molecule has 0 radical (unpaired) electrons. The van der Waals surface area contributed by atoms with E-state index in [9.17, 15) is 18.0 Å². The van der Waals surface area contributed by atoms with Crippen LogP contribution in [0.4, 0.5) is 13.2 Å². The Morgan fingerprint density at radius 3 is 2.91 bits per heavy atom. The molecule has 3 rings (SSSR count). The molecule has 1 aromatic rings. The number of piperidine rings is 1. The van der Waals surface area contributed by atoms with Gasteiger partial charge < -0.3 is 9.47 Å². The number of hydrogen-bond donors (Lipinski definition) is 1. The SMILES string of the molecule is O=C(O[C@]12CC[C@@H](C[C@@H](Oc3ccccn3)C1)N2)C(F)(F)F. The first-order chi connectivity index (χ1) is 10.4. The summed E-state index contributed by atoms with van der Waals surface area (Å²) in [6, 6.07) is 5.16. The predicted molar refractivity (Wildman–Crippen MR) is 68.9 cm³/mol. The number of esters is 1. The van der Waals surface area contributed by atoms with Crippen molar-refractivity contribution >= 4 is 5.97 Å². The molecular formula is C14H15F3N2O3. The van der Waals surface area contributed by atoms with Crippen LogP contribution < -0.4 is 10.1 Å². The molecule has 22 heavy (non-hydrogen) atoms. The zero-order valence-electron chi connectivity index (χ0n) is 11.6. The van der Waals surface area contributed by atoms with E-state index < -0.39 is 17.9 Å². The van der Waals surface area contributed by atoms with Gasteiger partial charge in [-0.05, 0) is 12.5 Å². The van der Waals surface area contributed by atoms with Gasteiger partial charge in [0, 0.05) is 37.6 Å². The Balaban J connectivity index is 1.69. The molecule has 120 valence electrons. The van der Waals surface area contributed by atoms with E-state index in [-0.39, 0.29) is 18.6 Å². The lowest BCUT2D eigenvalue weighted by molar-refractivity contribution is -0.219. The standard InChI is InChI=1S/C14H15F3N2O3/c15-14(16,17)12(20)22-13-5-4-9(19-13)7-10(8-13)21-11-3-1-2-6-18-11/h1-3,6,9-10,19H,4-5,7-8H2/t9-,10+,13+/m0/s1. The van der Waals surface area contributed by atoms with Crippen LogP contribution in [0.25, 0.3) is 0 Å². The van der Waals surface area contributed by atoms with Crippen molar-refractivity contribution in [1.29, 1.82) is 0 Å². The minimum Gasteiger partial charge on any atom is -0.474 e. The number of hydrogen-bond acceptors (Lipinski definition) is 5. The van der Waals surface area contributed by atoms with Crippen molar-refractivity contribution in [2.45, 2.75) is 49.7 Å². The van der Waals surface area contributed by atoms with Crippen molar-refractivity contribution in [1.82, 2.24) is 10.3 Å². The summed E-state index contributed by atoms with van der Waals surface area (Å²) in [5.41, 5.74) is -1.30. The van der Waals surface area contributed by atoms with Crippen molar-refractivity contribution in [2.75, 3.05) is 0 Å². The first-order valence-electron chi connectivity index (χ1n) is 7.02. The Hall–Kier alpha value is -1.83. The molecule has 3 heterocycles. The quantitative estimate of drug-likeness (QED) is 0.866. The van der Waals surface area contributed by atoms with Gasteiger partial charge in [-0.3, -0.25) is 5.32 Å². The Labute approximate surface area is 124 Å². The summed E-state index contributed by atoms with van der Waals surface area (Å²) >= 11 is 0. The second-order valence-electron chi connectivity index (χ2n) is 5.61. The number of ether oxygens (including phenoxy) is 2. The maximum Gasteiger partial charge on any atom is 0.490 e. The van der Waals surface area contributed by atoms with Gasteiger partial charge in [-0.1, -0.05) is 6.07 Å². The van der Waals surface area contributed by atoms with E-state index in [1.807, 2.05) is 0 Å². The smallest absolute Gasteiger partial charge is 0.474 e. The van der Waals surface area contributed by atoms with Gasteiger partial charge in [-0.2, -0.15) is 13.2 Å². The Morgan fingerprint density at radius 2 is 2.23 bits per heavy atom. The summed E-state index contributed by atoms with van der Waals surface area (Å²) < 4.78 is 47.7. The number of fused-ring (bicyclic) bond motifs is 2. The fraction of sp³-hybridized carbons (Fsp3) is 0.571. The second kappa shape index (κ2) is 5.42. The van der Waals surface area contributed by atoms with Crippen molar-refractivity contribution < 1.29 is 27.4 Å². The first-order valence-corrected chi connectivity index (χ1v) is 7.02. The molecule has 2 fully saturated rings. The largest absolute Gasteiger partial charge is 0.490 e. The Bertz CT molecular complexity index is 552. The number of carbonyl (C=O) groups excluding carboxylic acids is 1. The maximum absolute atomic E-state index is 12.4. The Kier molecular flexibility index (Phi) is 3.72. The first kappa shape index (κ1) is 15.1. The highest BCUT2D eigenvalue weighted by Crippen LogP contribution is 2.39. The lowest BCUT2D eigenvalue weighted by atomic mass is 9.99. The van der Waals surface area contributed by atoms with E-state index in [0.717, 1.165) is 0 Å². The van der Waals surface area contributed by atoms with Crippen LogP contribution in [0.5, 0.6) is 5.88 Å². The van der Waals surface area contributed by atoms with Gasteiger partial charge in [0.15, 0.2) is 5.72 Å². The topological polar surface area (TPSA) is 60.5 Å². The maximum atomic E-state index is 12.4. The molecule has 0 aliphatic carbocycles. The summed E-state index contributed by atoms with van der Waals surface area (Å²) in [5, 5.41) is 2.98. The number of alkyl halides is 3. The fourth-order valence-corrected chi connectivity index (χ4v) is 3.06. The molecule has 0 aromatic carbocycles. The third-order valence-electron chi connectivity index (χ3n) is 3.91. The zero-order chi connectivity index (χ0) is 15.8. The molecule has 2 saturated heterocycles. The monoisotopic (exact) mass is 316 g/mol. The number of nitrogens with zero attached hydrogens (tertiary/aromatic N) is 1.